The summed E-state index contributed by atoms with van der Waals surface area (Å²) in [6.45, 7) is 0. The van der Waals surface area contributed by atoms with E-state index in [1.807, 2.05) is 12.1 Å². The van der Waals surface area contributed by atoms with Crippen LogP contribution in [-0.4, -0.2) is 18.1 Å². The van der Waals surface area contributed by atoms with E-state index >= 15 is 0 Å². The summed E-state index contributed by atoms with van der Waals surface area (Å²) < 4.78 is 5.61. The van der Waals surface area contributed by atoms with Crippen molar-refractivity contribution in [2.45, 2.75) is 0 Å². The molecule has 1 aromatic heterocycles. The van der Waals surface area contributed by atoms with Crippen LogP contribution in [0.5, 0.6) is 0 Å². The van der Waals surface area contributed by atoms with Crippen LogP contribution in [0.1, 0.15) is 10.4 Å². The zero-order valence-electron chi connectivity index (χ0n) is 8.44. The molecule has 0 aliphatic rings. The maximum atomic E-state index is 11.2. The molecular weight excluding hydrogens is 290 g/mol. The Morgan fingerprint density at radius 2 is 2.06 bits per heavy atom. The van der Waals surface area contributed by atoms with Gasteiger partial charge in [-0.05, 0) is 28.1 Å². The van der Waals surface area contributed by atoms with E-state index in [4.69, 9.17) is 0 Å². The number of methoxy groups -OCH3 is 1. The van der Waals surface area contributed by atoms with Gasteiger partial charge in [-0.3, -0.25) is 0 Å². The number of hydrogen-bond acceptors (Lipinski definition) is 4. The molecule has 0 saturated carbocycles. The highest BCUT2D eigenvalue weighted by atomic mass is 79.9. The van der Waals surface area contributed by atoms with Gasteiger partial charge in [0.25, 0.3) is 0 Å². The second-order valence-electron chi connectivity index (χ2n) is 3.04. The maximum absolute atomic E-state index is 11.2. The van der Waals surface area contributed by atoms with Crippen molar-refractivity contribution >= 4 is 33.2 Å². The van der Waals surface area contributed by atoms with Crippen LogP contribution in [0.15, 0.2) is 34.2 Å². The molecule has 0 amide bonds. The molecule has 3 nitrogen and oxygen atoms in total. The third kappa shape index (κ3) is 2.31. The minimum atomic E-state index is -0.327. The smallest absolute Gasteiger partial charge is 0.337 e. The highest BCUT2D eigenvalue weighted by molar-refractivity contribution is 9.11. The Labute approximate surface area is 105 Å². The summed E-state index contributed by atoms with van der Waals surface area (Å²) in [5.74, 6) is -0.327. The lowest BCUT2D eigenvalue weighted by Gasteiger charge is -2.00. The molecule has 82 valence electrons. The highest BCUT2D eigenvalue weighted by Crippen LogP contribution is 2.28. The fourth-order valence-electron chi connectivity index (χ4n) is 1.25. The summed E-state index contributed by atoms with van der Waals surface area (Å²) >= 11 is 4.91. The minimum absolute atomic E-state index is 0.327. The standard InChI is InChI=1S/C11H8BrNO2S/c1-15-11(14)8-4-2-7(3-5-8)10-13-6-9(12)16-10/h2-6H,1H3. The molecule has 0 fully saturated rings. The molecule has 16 heavy (non-hydrogen) atoms. The summed E-state index contributed by atoms with van der Waals surface area (Å²) in [5.41, 5.74) is 1.53. The SMILES string of the molecule is COC(=O)c1ccc(-c2ncc(Br)s2)cc1. The molecule has 5 heteroatoms. The molecule has 0 N–H and O–H groups in total. The van der Waals surface area contributed by atoms with E-state index in [0.29, 0.717) is 5.56 Å². The monoisotopic (exact) mass is 297 g/mol. The molecule has 0 spiro atoms. The van der Waals surface area contributed by atoms with Crippen LogP contribution in [0.2, 0.25) is 0 Å². The first-order valence-corrected chi connectivity index (χ1v) is 6.12. The van der Waals surface area contributed by atoms with Crippen LogP contribution in [-0.2, 0) is 4.74 Å². The summed E-state index contributed by atoms with van der Waals surface area (Å²) in [4.78, 5) is 15.5. The normalized spacial score (nSPS) is 10.1. The average Bonchev–Trinajstić information content (AvgIpc) is 2.75. The van der Waals surface area contributed by atoms with E-state index in [2.05, 4.69) is 25.7 Å². The van der Waals surface area contributed by atoms with Crippen molar-refractivity contribution in [1.29, 1.82) is 0 Å². The largest absolute Gasteiger partial charge is 0.465 e. The molecule has 0 unspecified atom stereocenters. The molecular formula is C11H8BrNO2S. The molecule has 0 aliphatic carbocycles. The second kappa shape index (κ2) is 4.76. The van der Waals surface area contributed by atoms with Crippen molar-refractivity contribution < 1.29 is 9.53 Å². The van der Waals surface area contributed by atoms with Crippen LogP contribution < -0.4 is 0 Å². The summed E-state index contributed by atoms with van der Waals surface area (Å²) in [6.07, 6.45) is 1.76. The van der Waals surface area contributed by atoms with E-state index in [-0.39, 0.29) is 5.97 Å². The first kappa shape index (κ1) is 11.3. The van der Waals surface area contributed by atoms with E-state index in [0.717, 1.165) is 14.4 Å². The number of hydrogen-bond donors (Lipinski definition) is 0. The lowest BCUT2D eigenvalue weighted by Crippen LogP contribution is -2.00. The predicted octanol–water partition coefficient (Wildman–Crippen LogP) is 3.36. The Balaban J connectivity index is 2.29. The number of carbonyl (C=O) groups is 1. The van der Waals surface area contributed by atoms with Crippen molar-refractivity contribution in [2.75, 3.05) is 7.11 Å². The van der Waals surface area contributed by atoms with Crippen molar-refractivity contribution in [3.8, 4) is 10.6 Å². The summed E-state index contributed by atoms with van der Waals surface area (Å²) in [5, 5.41) is 0.920. The van der Waals surface area contributed by atoms with Gasteiger partial charge in [0.2, 0.25) is 0 Å². The quantitative estimate of drug-likeness (QED) is 0.798. The van der Waals surface area contributed by atoms with Crippen LogP contribution in [0, 0.1) is 0 Å². The second-order valence-corrected chi connectivity index (χ2v) is 5.45. The molecule has 1 aromatic carbocycles. The zero-order chi connectivity index (χ0) is 11.5. The fraction of sp³-hybridized carbons (Fsp3) is 0.0909. The van der Waals surface area contributed by atoms with Crippen molar-refractivity contribution in [2.24, 2.45) is 0 Å². The number of benzene rings is 1. The molecule has 0 saturated heterocycles. The number of carbonyl (C=O) groups excluding carboxylic acids is 1. The van der Waals surface area contributed by atoms with E-state index < -0.39 is 0 Å². The molecule has 0 atom stereocenters. The molecule has 2 rings (SSSR count). The Hall–Kier alpha value is -1.20. The van der Waals surface area contributed by atoms with Gasteiger partial charge in [-0.2, -0.15) is 0 Å². The first-order valence-electron chi connectivity index (χ1n) is 4.51. The number of halogens is 1. The lowest BCUT2D eigenvalue weighted by atomic mass is 10.1. The summed E-state index contributed by atoms with van der Waals surface area (Å²) in [7, 11) is 1.37. The van der Waals surface area contributed by atoms with Gasteiger partial charge in [0, 0.05) is 5.56 Å². The molecule has 1 heterocycles. The number of esters is 1. The van der Waals surface area contributed by atoms with Crippen LogP contribution in [0.3, 0.4) is 0 Å². The number of aromatic nitrogens is 1. The number of nitrogens with zero attached hydrogens (tertiary/aromatic N) is 1. The third-order valence-corrected chi connectivity index (χ3v) is 3.56. The maximum Gasteiger partial charge on any atom is 0.337 e. The van der Waals surface area contributed by atoms with E-state index in [9.17, 15) is 4.79 Å². The highest BCUT2D eigenvalue weighted by Gasteiger charge is 2.07. The van der Waals surface area contributed by atoms with E-state index in [1.54, 1.807) is 29.7 Å². The van der Waals surface area contributed by atoms with Crippen LogP contribution in [0.25, 0.3) is 10.6 Å². The minimum Gasteiger partial charge on any atom is -0.465 e. The van der Waals surface area contributed by atoms with E-state index in [1.165, 1.54) is 7.11 Å². The first-order chi connectivity index (χ1) is 7.70. The Morgan fingerprint density at radius 1 is 1.38 bits per heavy atom. The Morgan fingerprint density at radius 3 is 2.56 bits per heavy atom. The lowest BCUT2D eigenvalue weighted by molar-refractivity contribution is 0.0601. The van der Waals surface area contributed by atoms with Crippen molar-refractivity contribution in [3.05, 3.63) is 39.8 Å². The predicted molar refractivity (Wildman–Crippen MR) is 66.6 cm³/mol. The molecule has 0 bridgehead atoms. The van der Waals surface area contributed by atoms with Gasteiger partial charge < -0.3 is 4.74 Å². The molecule has 2 aromatic rings. The number of rotatable bonds is 2. The molecule has 0 radical (unpaired) electrons. The summed E-state index contributed by atoms with van der Waals surface area (Å²) in [6, 6.07) is 7.18. The van der Waals surface area contributed by atoms with Gasteiger partial charge in [0.05, 0.1) is 22.7 Å². The number of ether oxygens (including phenoxy) is 1. The van der Waals surface area contributed by atoms with Gasteiger partial charge in [-0.25, -0.2) is 9.78 Å². The Bertz CT molecular complexity index is 507. The van der Waals surface area contributed by atoms with Gasteiger partial charge in [-0.15, -0.1) is 11.3 Å². The van der Waals surface area contributed by atoms with Gasteiger partial charge in [0.1, 0.15) is 5.01 Å². The average molecular weight is 298 g/mol. The topological polar surface area (TPSA) is 39.2 Å². The van der Waals surface area contributed by atoms with Crippen LogP contribution >= 0.6 is 27.3 Å². The molecule has 0 aliphatic heterocycles. The fourth-order valence-corrected chi connectivity index (χ4v) is 2.47. The Kier molecular flexibility index (Phi) is 3.36. The van der Waals surface area contributed by atoms with Gasteiger partial charge in [-0.1, -0.05) is 12.1 Å². The van der Waals surface area contributed by atoms with Gasteiger partial charge in [0.15, 0.2) is 0 Å². The number of thiazole rings is 1. The third-order valence-electron chi connectivity index (χ3n) is 2.03. The van der Waals surface area contributed by atoms with Crippen LogP contribution in [0.4, 0.5) is 0 Å². The zero-order valence-corrected chi connectivity index (χ0v) is 10.8. The van der Waals surface area contributed by atoms with Crippen molar-refractivity contribution in [1.82, 2.24) is 4.98 Å². The van der Waals surface area contributed by atoms with Gasteiger partial charge >= 0.3 is 5.97 Å². The van der Waals surface area contributed by atoms with Crippen molar-refractivity contribution in [3.63, 3.8) is 0 Å².